The Morgan fingerprint density at radius 1 is 1.45 bits per heavy atom. The third-order valence-electron chi connectivity index (χ3n) is 3.76. The van der Waals surface area contributed by atoms with Crippen LogP contribution in [0.4, 0.5) is 11.6 Å². The SMILES string of the molecule is CC1Cc2csc3ccc(Cl)c(c23)N(c2cnco2)C1. The molecule has 5 heteroatoms. The molecule has 0 aliphatic carbocycles. The summed E-state index contributed by atoms with van der Waals surface area (Å²) in [7, 11) is 0. The third kappa shape index (κ3) is 1.75. The van der Waals surface area contributed by atoms with Crippen molar-refractivity contribution in [2.75, 3.05) is 11.4 Å². The zero-order valence-electron chi connectivity index (χ0n) is 11.0. The van der Waals surface area contributed by atoms with Crippen LogP contribution in [0.2, 0.25) is 5.02 Å². The Morgan fingerprint density at radius 2 is 2.35 bits per heavy atom. The second kappa shape index (κ2) is 4.50. The summed E-state index contributed by atoms with van der Waals surface area (Å²) >= 11 is 8.28. The summed E-state index contributed by atoms with van der Waals surface area (Å²) in [5, 5.41) is 4.29. The molecule has 3 nitrogen and oxygen atoms in total. The van der Waals surface area contributed by atoms with Gasteiger partial charge < -0.3 is 9.32 Å². The molecule has 3 aromatic rings. The van der Waals surface area contributed by atoms with Crippen molar-refractivity contribution in [3.8, 4) is 0 Å². The van der Waals surface area contributed by atoms with Crippen molar-refractivity contribution in [2.24, 2.45) is 5.92 Å². The molecule has 1 atom stereocenters. The van der Waals surface area contributed by atoms with Crippen molar-refractivity contribution >= 4 is 44.6 Å². The Labute approximate surface area is 125 Å². The van der Waals surface area contributed by atoms with Gasteiger partial charge in [0, 0.05) is 16.6 Å². The minimum atomic E-state index is 0.529. The molecule has 2 aromatic heterocycles. The van der Waals surface area contributed by atoms with E-state index in [-0.39, 0.29) is 0 Å². The molecule has 1 aromatic carbocycles. The number of anilines is 2. The Balaban J connectivity index is 2.04. The highest BCUT2D eigenvalue weighted by atomic mass is 35.5. The van der Waals surface area contributed by atoms with E-state index < -0.39 is 0 Å². The molecular weight excluding hydrogens is 292 g/mol. The van der Waals surface area contributed by atoms with Gasteiger partial charge in [0.15, 0.2) is 6.39 Å². The average Bonchev–Trinajstić information content (AvgIpc) is 3.04. The van der Waals surface area contributed by atoms with E-state index >= 15 is 0 Å². The maximum absolute atomic E-state index is 6.50. The molecule has 4 rings (SSSR count). The van der Waals surface area contributed by atoms with Crippen LogP contribution < -0.4 is 4.90 Å². The van der Waals surface area contributed by atoms with Gasteiger partial charge in [0.25, 0.3) is 0 Å². The fourth-order valence-electron chi connectivity index (χ4n) is 2.95. The van der Waals surface area contributed by atoms with Gasteiger partial charge in [-0.1, -0.05) is 18.5 Å². The smallest absolute Gasteiger partial charge is 0.220 e. The van der Waals surface area contributed by atoms with Crippen LogP contribution in [0.25, 0.3) is 10.1 Å². The lowest BCUT2D eigenvalue weighted by Gasteiger charge is -2.24. The molecular formula is C15H13ClN2OS. The number of thiophene rings is 1. The van der Waals surface area contributed by atoms with Gasteiger partial charge in [-0.05, 0) is 35.4 Å². The molecule has 102 valence electrons. The molecule has 1 unspecified atom stereocenters. The van der Waals surface area contributed by atoms with E-state index in [2.05, 4.69) is 28.3 Å². The second-order valence-corrected chi connectivity index (χ2v) is 6.61. The topological polar surface area (TPSA) is 29.3 Å². The van der Waals surface area contributed by atoms with Gasteiger partial charge in [-0.2, -0.15) is 0 Å². The van der Waals surface area contributed by atoms with Gasteiger partial charge in [0.05, 0.1) is 16.9 Å². The van der Waals surface area contributed by atoms with Crippen molar-refractivity contribution < 1.29 is 4.42 Å². The van der Waals surface area contributed by atoms with Crippen LogP contribution in [0, 0.1) is 5.92 Å². The van der Waals surface area contributed by atoms with Crippen LogP contribution in [-0.4, -0.2) is 11.5 Å². The van der Waals surface area contributed by atoms with Crippen molar-refractivity contribution in [2.45, 2.75) is 13.3 Å². The molecule has 0 saturated carbocycles. The molecule has 1 aliphatic rings. The molecule has 0 bridgehead atoms. The predicted molar refractivity (Wildman–Crippen MR) is 83.2 cm³/mol. The highest BCUT2D eigenvalue weighted by Crippen LogP contribution is 2.45. The summed E-state index contributed by atoms with van der Waals surface area (Å²) in [6.45, 7) is 3.14. The van der Waals surface area contributed by atoms with Crippen LogP contribution in [-0.2, 0) is 6.42 Å². The summed E-state index contributed by atoms with van der Waals surface area (Å²) in [6.07, 6.45) is 4.28. The molecule has 3 heterocycles. The number of aromatic nitrogens is 1. The molecule has 0 spiro atoms. The predicted octanol–water partition coefficient (Wildman–Crippen LogP) is 4.87. The van der Waals surface area contributed by atoms with Crippen LogP contribution in [0.15, 0.2) is 34.5 Å². The number of oxazole rings is 1. The summed E-state index contributed by atoms with van der Waals surface area (Å²) in [5.41, 5.74) is 2.44. The second-order valence-electron chi connectivity index (χ2n) is 5.29. The largest absolute Gasteiger partial charge is 0.428 e. The van der Waals surface area contributed by atoms with E-state index in [1.54, 1.807) is 17.5 Å². The molecule has 0 radical (unpaired) electrons. The lowest BCUT2D eigenvalue weighted by atomic mass is 10.0. The molecule has 0 N–H and O–H groups in total. The number of hydrogen-bond donors (Lipinski definition) is 0. The number of benzene rings is 1. The van der Waals surface area contributed by atoms with Gasteiger partial charge in [0.1, 0.15) is 0 Å². The van der Waals surface area contributed by atoms with Crippen molar-refractivity contribution in [1.29, 1.82) is 0 Å². The number of hydrogen-bond acceptors (Lipinski definition) is 4. The van der Waals surface area contributed by atoms with Crippen molar-refractivity contribution in [3.05, 3.63) is 40.7 Å². The van der Waals surface area contributed by atoms with E-state index in [9.17, 15) is 0 Å². The first-order valence-electron chi connectivity index (χ1n) is 6.58. The van der Waals surface area contributed by atoms with Crippen LogP contribution in [0.3, 0.4) is 0 Å². The standard InChI is InChI=1S/C15H13ClN2OS/c1-9-4-10-7-20-12-3-2-11(16)15(14(10)12)18(6-9)13-5-17-8-19-13/h2-3,5,7-9H,4,6H2,1H3. The van der Waals surface area contributed by atoms with E-state index in [4.69, 9.17) is 16.0 Å². The first kappa shape index (κ1) is 12.2. The summed E-state index contributed by atoms with van der Waals surface area (Å²) in [4.78, 5) is 6.20. The number of halogens is 1. The van der Waals surface area contributed by atoms with E-state index in [1.165, 1.54) is 22.0 Å². The van der Waals surface area contributed by atoms with Crippen LogP contribution in [0.1, 0.15) is 12.5 Å². The first-order valence-corrected chi connectivity index (χ1v) is 7.84. The zero-order valence-corrected chi connectivity index (χ0v) is 12.5. The quantitative estimate of drug-likeness (QED) is 0.642. The summed E-state index contributed by atoms with van der Waals surface area (Å²) in [5.74, 6) is 1.28. The van der Waals surface area contributed by atoms with E-state index in [1.807, 2.05) is 6.07 Å². The molecule has 20 heavy (non-hydrogen) atoms. The fourth-order valence-corrected chi connectivity index (χ4v) is 4.18. The average molecular weight is 305 g/mol. The number of rotatable bonds is 1. The van der Waals surface area contributed by atoms with Gasteiger partial charge in [-0.3, -0.25) is 0 Å². The minimum Gasteiger partial charge on any atom is -0.428 e. The van der Waals surface area contributed by atoms with Gasteiger partial charge >= 0.3 is 0 Å². The third-order valence-corrected chi connectivity index (χ3v) is 5.06. The molecule has 0 saturated heterocycles. The lowest BCUT2D eigenvalue weighted by molar-refractivity contribution is 0.526. The Hall–Kier alpha value is -1.52. The van der Waals surface area contributed by atoms with Crippen molar-refractivity contribution in [1.82, 2.24) is 4.98 Å². The Morgan fingerprint density at radius 3 is 3.15 bits per heavy atom. The fraction of sp³-hybridized carbons (Fsp3) is 0.267. The monoisotopic (exact) mass is 304 g/mol. The maximum atomic E-state index is 6.50. The van der Waals surface area contributed by atoms with E-state index in [0.717, 1.165) is 29.6 Å². The van der Waals surface area contributed by atoms with Crippen LogP contribution in [0.5, 0.6) is 0 Å². The molecule has 1 aliphatic heterocycles. The Kier molecular flexibility index (Phi) is 2.75. The Bertz CT molecular complexity index is 766. The normalized spacial score (nSPS) is 18.5. The first-order chi connectivity index (χ1) is 9.74. The van der Waals surface area contributed by atoms with Gasteiger partial charge in [-0.25, -0.2) is 4.98 Å². The number of nitrogens with zero attached hydrogens (tertiary/aromatic N) is 2. The summed E-state index contributed by atoms with van der Waals surface area (Å²) in [6, 6.07) is 4.07. The van der Waals surface area contributed by atoms with E-state index in [0.29, 0.717) is 5.92 Å². The van der Waals surface area contributed by atoms with Crippen molar-refractivity contribution in [3.63, 3.8) is 0 Å². The van der Waals surface area contributed by atoms with Gasteiger partial charge in [-0.15, -0.1) is 11.3 Å². The summed E-state index contributed by atoms with van der Waals surface area (Å²) < 4.78 is 6.79. The lowest BCUT2D eigenvalue weighted by Crippen LogP contribution is -2.22. The van der Waals surface area contributed by atoms with Crippen LogP contribution >= 0.6 is 22.9 Å². The molecule has 0 fully saturated rings. The molecule has 0 amide bonds. The minimum absolute atomic E-state index is 0.529. The maximum Gasteiger partial charge on any atom is 0.220 e. The highest BCUT2D eigenvalue weighted by Gasteiger charge is 2.26. The van der Waals surface area contributed by atoms with Gasteiger partial charge in [0.2, 0.25) is 5.88 Å². The zero-order chi connectivity index (χ0) is 13.7. The highest BCUT2D eigenvalue weighted by molar-refractivity contribution is 7.17.